The van der Waals surface area contributed by atoms with Crippen LogP contribution in [0.2, 0.25) is 0 Å². The first-order chi connectivity index (χ1) is 15.5. The van der Waals surface area contributed by atoms with E-state index in [1.807, 2.05) is 12.1 Å². The summed E-state index contributed by atoms with van der Waals surface area (Å²) in [6, 6.07) is 13.6. The van der Waals surface area contributed by atoms with Crippen LogP contribution in [-0.4, -0.2) is 42.9 Å². The molecule has 0 spiro atoms. The molecule has 1 aliphatic rings. The van der Waals surface area contributed by atoms with Gasteiger partial charge in [-0.1, -0.05) is 24.3 Å². The molecule has 32 heavy (non-hydrogen) atoms. The van der Waals surface area contributed by atoms with E-state index in [4.69, 9.17) is 4.74 Å². The van der Waals surface area contributed by atoms with Gasteiger partial charge < -0.3 is 9.72 Å². The molecule has 6 nitrogen and oxygen atoms in total. The molecule has 1 aliphatic heterocycles. The number of sulfonamides is 1. The number of hydrogen-bond acceptors (Lipinski definition) is 4. The highest BCUT2D eigenvalue weighted by Gasteiger charge is 2.27. The lowest BCUT2D eigenvalue weighted by molar-refractivity contribution is 0.388. The summed E-state index contributed by atoms with van der Waals surface area (Å²) in [7, 11) is -2.08. The van der Waals surface area contributed by atoms with E-state index < -0.39 is 15.8 Å². The number of ether oxygens (including phenoxy) is 1. The Bertz CT molecular complexity index is 1410. The second kappa shape index (κ2) is 8.03. The Labute approximate surface area is 185 Å². The molecule has 0 unspecified atom stereocenters. The number of fused-ring (bicyclic) bond motifs is 1. The molecule has 0 amide bonds. The van der Waals surface area contributed by atoms with Crippen LogP contribution < -0.4 is 4.74 Å². The molecule has 4 aromatic rings. The topological polar surface area (TPSA) is 75.3 Å². The second-order valence-corrected chi connectivity index (χ2v) is 9.72. The van der Waals surface area contributed by atoms with Crippen molar-refractivity contribution in [1.29, 1.82) is 0 Å². The highest BCUT2D eigenvalue weighted by atomic mass is 32.2. The number of rotatable bonds is 5. The molecular weight excluding hydrogens is 429 g/mol. The number of halogens is 1. The standard InChI is InChI=1S/C24H22FN3O3S/c1-31-23-19(8-5-9-22(23)25)21-15-27-24-20(21)13-17(14-26-24)16-6-4-7-18(12-16)32(29,30)28-10-2-3-11-28/h4-9,12-15H,2-3,10-11H2,1H3,(H,26,27). The van der Waals surface area contributed by atoms with Gasteiger partial charge in [0.15, 0.2) is 11.6 Å². The average Bonchev–Trinajstić information content (AvgIpc) is 3.49. The first-order valence-corrected chi connectivity index (χ1v) is 11.8. The van der Waals surface area contributed by atoms with E-state index in [9.17, 15) is 12.8 Å². The van der Waals surface area contributed by atoms with Crippen molar-refractivity contribution >= 4 is 21.1 Å². The van der Waals surface area contributed by atoms with Crippen molar-refractivity contribution in [1.82, 2.24) is 14.3 Å². The van der Waals surface area contributed by atoms with Gasteiger partial charge in [-0.15, -0.1) is 0 Å². The van der Waals surface area contributed by atoms with Crippen LogP contribution >= 0.6 is 0 Å². The molecule has 5 rings (SSSR count). The van der Waals surface area contributed by atoms with Crippen molar-refractivity contribution in [3.63, 3.8) is 0 Å². The Hall–Kier alpha value is -3.23. The molecule has 2 aromatic carbocycles. The van der Waals surface area contributed by atoms with E-state index in [1.54, 1.807) is 42.7 Å². The first-order valence-electron chi connectivity index (χ1n) is 10.4. The Morgan fingerprint density at radius 2 is 1.81 bits per heavy atom. The number of H-pyrrole nitrogens is 1. The van der Waals surface area contributed by atoms with Crippen LogP contribution in [0.5, 0.6) is 5.75 Å². The highest BCUT2D eigenvalue weighted by molar-refractivity contribution is 7.89. The Morgan fingerprint density at radius 1 is 1.03 bits per heavy atom. The van der Waals surface area contributed by atoms with Crippen LogP contribution in [0.15, 0.2) is 65.8 Å². The predicted molar refractivity (Wildman–Crippen MR) is 121 cm³/mol. The fraction of sp³-hybridized carbons (Fsp3) is 0.208. The lowest BCUT2D eigenvalue weighted by atomic mass is 10.0. The number of para-hydroxylation sites is 1. The molecule has 0 bridgehead atoms. The third-order valence-electron chi connectivity index (χ3n) is 5.86. The zero-order chi connectivity index (χ0) is 22.3. The number of hydrogen-bond donors (Lipinski definition) is 1. The van der Waals surface area contributed by atoms with Gasteiger partial charge in [-0.05, 0) is 42.7 Å². The van der Waals surface area contributed by atoms with Crippen molar-refractivity contribution in [3.8, 4) is 28.0 Å². The number of aromatic amines is 1. The Balaban J connectivity index is 1.60. The van der Waals surface area contributed by atoms with Crippen molar-refractivity contribution in [2.24, 2.45) is 0 Å². The molecule has 1 fully saturated rings. The molecule has 0 radical (unpaired) electrons. The van der Waals surface area contributed by atoms with Gasteiger partial charge in [-0.2, -0.15) is 4.31 Å². The molecule has 0 atom stereocenters. The zero-order valence-electron chi connectivity index (χ0n) is 17.5. The Kier molecular flexibility index (Phi) is 5.19. The van der Waals surface area contributed by atoms with Gasteiger partial charge >= 0.3 is 0 Å². The van der Waals surface area contributed by atoms with Crippen LogP contribution in [0, 0.1) is 5.82 Å². The maximum Gasteiger partial charge on any atom is 0.243 e. The number of pyridine rings is 1. The van der Waals surface area contributed by atoms with Crippen LogP contribution in [-0.2, 0) is 10.0 Å². The van der Waals surface area contributed by atoms with E-state index in [0.29, 0.717) is 24.3 Å². The monoisotopic (exact) mass is 451 g/mol. The summed E-state index contributed by atoms with van der Waals surface area (Å²) in [5.41, 5.74) is 3.54. The fourth-order valence-electron chi connectivity index (χ4n) is 4.23. The van der Waals surface area contributed by atoms with Gasteiger partial charge in [0, 0.05) is 47.6 Å². The van der Waals surface area contributed by atoms with E-state index >= 15 is 0 Å². The summed E-state index contributed by atoms with van der Waals surface area (Å²) in [5, 5.41) is 0.791. The van der Waals surface area contributed by atoms with E-state index in [0.717, 1.165) is 34.9 Å². The normalized spacial score (nSPS) is 14.8. The molecule has 8 heteroatoms. The van der Waals surface area contributed by atoms with Gasteiger partial charge in [0.1, 0.15) is 5.65 Å². The molecule has 164 valence electrons. The molecule has 1 N–H and O–H groups in total. The predicted octanol–water partition coefficient (Wildman–Crippen LogP) is 4.83. The zero-order valence-corrected chi connectivity index (χ0v) is 18.3. The molecular formula is C24H22FN3O3S. The number of nitrogens with one attached hydrogen (secondary N) is 1. The summed E-state index contributed by atoms with van der Waals surface area (Å²) in [4.78, 5) is 7.89. The third kappa shape index (κ3) is 3.45. The van der Waals surface area contributed by atoms with Crippen LogP contribution in [0.3, 0.4) is 0 Å². The fourth-order valence-corrected chi connectivity index (χ4v) is 5.79. The quantitative estimate of drug-likeness (QED) is 0.472. The van der Waals surface area contributed by atoms with E-state index in [-0.39, 0.29) is 10.6 Å². The molecule has 1 saturated heterocycles. The maximum absolute atomic E-state index is 14.3. The minimum absolute atomic E-state index is 0.164. The minimum Gasteiger partial charge on any atom is -0.493 e. The average molecular weight is 452 g/mol. The largest absolute Gasteiger partial charge is 0.493 e. The van der Waals surface area contributed by atoms with Crippen molar-refractivity contribution in [2.75, 3.05) is 20.2 Å². The number of aromatic nitrogens is 2. The van der Waals surface area contributed by atoms with Gasteiger partial charge in [0.2, 0.25) is 10.0 Å². The SMILES string of the molecule is COc1c(F)cccc1-c1c[nH]c2ncc(-c3cccc(S(=O)(=O)N4CCCC4)c3)cc12. The number of nitrogens with zero attached hydrogens (tertiary/aromatic N) is 2. The summed E-state index contributed by atoms with van der Waals surface area (Å²) >= 11 is 0. The van der Waals surface area contributed by atoms with Gasteiger partial charge in [0.05, 0.1) is 12.0 Å². The van der Waals surface area contributed by atoms with Crippen LogP contribution in [0.25, 0.3) is 33.3 Å². The first kappa shape index (κ1) is 20.7. The van der Waals surface area contributed by atoms with E-state index in [2.05, 4.69) is 9.97 Å². The van der Waals surface area contributed by atoms with Crippen LogP contribution in [0.1, 0.15) is 12.8 Å². The lowest BCUT2D eigenvalue weighted by Gasteiger charge is -2.16. The van der Waals surface area contributed by atoms with E-state index in [1.165, 1.54) is 17.5 Å². The van der Waals surface area contributed by atoms with Crippen molar-refractivity contribution < 1.29 is 17.5 Å². The van der Waals surface area contributed by atoms with Crippen molar-refractivity contribution in [3.05, 3.63) is 66.7 Å². The highest BCUT2D eigenvalue weighted by Crippen LogP contribution is 2.37. The second-order valence-electron chi connectivity index (χ2n) is 7.78. The van der Waals surface area contributed by atoms with Gasteiger partial charge in [-0.3, -0.25) is 0 Å². The Morgan fingerprint density at radius 3 is 2.59 bits per heavy atom. The minimum atomic E-state index is -3.52. The smallest absolute Gasteiger partial charge is 0.243 e. The van der Waals surface area contributed by atoms with Gasteiger partial charge in [-0.25, -0.2) is 17.8 Å². The summed E-state index contributed by atoms with van der Waals surface area (Å²) in [6.45, 7) is 1.12. The van der Waals surface area contributed by atoms with Gasteiger partial charge in [0.25, 0.3) is 0 Å². The molecule has 2 aromatic heterocycles. The van der Waals surface area contributed by atoms with Crippen molar-refractivity contribution in [2.45, 2.75) is 17.7 Å². The molecule has 0 aliphatic carbocycles. The molecule has 3 heterocycles. The maximum atomic E-state index is 14.3. The summed E-state index contributed by atoms with van der Waals surface area (Å²) in [5.74, 6) is -0.277. The lowest BCUT2D eigenvalue weighted by Crippen LogP contribution is -2.27. The third-order valence-corrected chi connectivity index (χ3v) is 7.76. The molecule has 0 saturated carbocycles. The summed E-state index contributed by atoms with van der Waals surface area (Å²) < 4.78 is 47.1. The number of benzene rings is 2. The number of methoxy groups -OCH3 is 1. The summed E-state index contributed by atoms with van der Waals surface area (Å²) in [6.07, 6.45) is 5.25. The van der Waals surface area contributed by atoms with Crippen LogP contribution in [0.4, 0.5) is 4.39 Å².